The normalized spacial score (nSPS) is 11.7. The molecule has 0 radical (unpaired) electrons. The first-order chi connectivity index (χ1) is 11.2. The summed E-state index contributed by atoms with van der Waals surface area (Å²) in [5.41, 5.74) is 0. The van der Waals surface area contributed by atoms with Crippen LogP contribution >= 0.6 is 0 Å². The van der Waals surface area contributed by atoms with E-state index in [1.165, 1.54) is 70.6 Å². The van der Waals surface area contributed by atoms with E-state index in [0.29, 0.717) is 6.42 Å². The van der Waals surface area contributed by atoms with E-state index >= 15 is 0 Å². The summed E-state index contributed by atoms with van der Waals surface area (Å²) >= 11 is 0. The molecule has 0 aliphatic heterocycles. The van der Waals surface area contributed by atoms with Gasteiger partial charge in [-0.2, -0.15) is 0 Å². The van der Waals surface area contributed by atoms with Crippen LogP contribution in [-0.2, 0) is 4.79 Å². The summed E-state index contributed by atoms with van der Waals surface area (Å²) in [4.78, 5) is 10.4. The van der Waals surface area contributed by atoms with Crippen LogP contribution in [0.5, 0.6) is 0 Å². The summed E-state index contributed by atoms with van der Waals surface area (Å²) in [5, 5.41) is 17.9. The largest absolute Gasteiger partial charge is 0.481 e. The minimum absolute atomic E-state index is 0.113. The van der Waals surface area contributed by atoms with Gasteiger partial charge in [0.15, 0.2) is 0 Å². The first-order valence-corrected chi connectivity index (χ1v) is 10.1. The highest BCUT2D eigenvalue weighted by Crippen LogP contribution is 2.13. The smallest absolute Gasteiger partial charge is 0.305 e. The molecule has 0 rings (SSSR count). The summed E-state index contributed by atoms with van der Waals surface area (Å²) in [5.74, 6) is -0.905. The Morgan fingerprint density at radius 3 is 1.43 bits per heavy atom. The summed E-state index contributed by atoms with van der Waals surface area (Å²) in [7, 11) is 0. The minimum atomic E-state index is -0.905. The summed E-state index contributed by atoms with van der Waals surface area (Å²) < 4.78 is 0. The lowest BCUT2D eigenvalue weighted by atomic mass is 10.0. The van der Waals surface area contributed by atoms with Gasteiger partial charge in [-0.3, -0.25) is 4.79 Å². The second kappa shape index (κ2) is 21.4. The highest BCUT2D eigenvalue weighted by Gasteiger charge is 2.08. The van der Waals surface area contributed by atoms with E-state index < -0.39 is 12.1 Å². The number of aliphatic hydroxyl groups is 1. The Morgan fingerprint density at radius 1 is 0.739 bits per heavy atom. The van der Waals surface area contributed by atoms with E-state index in [9.17, 15) is 9.90 Å². The lowest BCUT2D eigenvalue weighted by Crippen LogP contribution is -2.12. The number of rotatable bonds is 16. The lowest BCUT2D eigenvalue weighted by Gasteiger charge is -2.07. The maximum atomic E-state index is 10.4. The zero-order valence-electron chi connectivity index (χ0n) is 16.0. The lowest BCUT2D eigenvalue weighted by molar-refractivity contribution is -0.139. The van der Waals surface area contributed by atoms with Crippen LogP contribution in [0.2, 0.25) is 0 Å². The fraction of sp³-hybridized carbons (Fsp3) is 0.950. The van der Waals surface area contributed by atoms with Gasteiger partial charge in [0.25, 0.3) is 0 Å². The number of hydrogen-bond donors (Lipinski definition) is 2. The molecule has 0 aromatic heterocycles. The number of carbonyl (C=O) groups is 1. The van der Waals surface area contributed by atoms with Crippen molar-refractivity contribution in [3.63, 3.8) is 0 Å². The molecular formula is C20H42O3. The van der Waals surface area contributed by atoms with Gasteiger partial charge in [0, 0.05) is 0 Å². The average molecular weight is 331 g/mol. The SMILES string of the molecule is CC.CCCCCCCCCCCCCCCC(O)CC(=O)O. The van der Waals surface area contributed by atoms with Gasteiger partial charge in [-0.25, -0.2) is 0 Å². The highest BCUT2D eigenvalue weighted by molar-refractivity contribution is 5.67. The molecular weight excluding hydrogens is 288 g/mol. The van der Waals surface area contributed by atoms with Gasteiger partial charge in [0.1, 0.15) is 0 Å². The van der Waals surface area contributed by atoms with E-state index in [4.69, 9.17) is 5.11 Å². The van der Waals surface area contributed by atoms with Crippen LogP contribution in [-0.4, -0.2) is 22.3 Å². The Kier molecular flexibility index (Phi) is 23.0. The van der Waals surface area contributed by atoms with Crippen LogP contribution in [0.4, 0.5) is 0 Å². The topological polar surface area (TPSA) is 57.5 Å². The monoisotopic (exact) mass is 330 g/mol. The predicted octanol–water partition coefficient (Wildman–Crippen LogP) is 6.33. The Labute approximate surface area is 144 Å². The first-order valence-electron chi connectivity index (χ1n) is 10.1. The van der Waals surface area contributed by atoms with Gasteiger partial charge in [0.05, 0.1) is 12.5 Å². The zero-order valence-corrected chi connectivity index (χ0v) is 16.0. The number of aliphatic hydroxyl groups excluding tert-OH is 1. The van der Waals surface area contributed by atoms with Crippen molar-refractivity contribution in [2.24, 2.45) is 0 Å². The second-order valence-corrected chi connectivity index (χ2v) is 6.28. The summed E-state index contributed by atoms with van der Waals surface area (Å²) in [6, 6.07) is 0. The Hall–Kier alpha value is -0.570. The molecule has 3 heteroatoms. The zero-order chi connectivity index (χ0) is 17.8. The molecule has 2 N–H and O–H groups in total. The molecule has 0 aromatic carbocycles. The third-order valence-electron chi connectivity index (χ3n) is 4.05. The molecule has 3 nitrogen and oxygen atoms in total. The van der Waals surface area contributed by atoms with Crippen molar-refractivity contribution < 1.29 is 15.0 Å². The molecule has 0 aromatic rings. The molecule has 0 bridgehead atoms. The van der Waals surface area contributed by atoms with E-state index in [1.54, 1.807) is 0 Å². The van der Waals surface area contributed by atoms with E-state index in [0.717, 1.165) is 12.8 Å². The van der Waals surface area contributed by atoms with Crippen LogP contribution in [0.1, 0.15) is 117 Å². The van der Waals surface area contributed by atoms with Crippen LogP contribution in [0.25, 0.3) is 0 Å². The van der Waals surface area contributed by atoms with Gasteiger partial charge >= 0.3 is 5.97 Å². The molecule has 1 atom stereocenters. The van der Waals surface area contributed by atoms with Crippen molar-refractivity contribution >= 4 is 5.97 Å². The van der Waals surface area contributed by atoms with Crippen molar-refractivity contribution in [1.29, 1.82) is 0 Å². The number of unbranched alkanes of at least 4 members (excludes halogenated alkanes) is 12. The highest BCUT2D eigenvalue weighted by atomic mass is 16.4. The Balaban J connectivity index is 0. The molecule has 0 saturated heterocycles. The van der Waals surface area contributed by atoms with E-state index in [2.05, 4.69) is 6.92 Å². The third-order valence-corrected chi connectivity index (χ3v) is 4.05. The third kappa shape index (κ3) is 23.8. The first kappa shape index (κ1) is 24.7. The molecule has 0 aliphatic carbocycles. The standard InChI is InChI=1S/C18H36O3.C2H6/c1-2-3-4-5-6-7-8-9-10-11-12-13-14-15-17(19)16-18(20)21;1-2/h17,19H,2-16H2,1H3,(H,20,21);1-2H3. The number of hydrogen-bond acceptors (Lipinski definition) is 2. The Bertz CT molecular complexity index is 229. The van der Waals surface area contributed by atoms with Gasteiger partial charge < -0.3 is 10.2 Å². The maximum absolute atomic E-state index is 10.4. The molecule has 0 amide bonds. The van der Waals surface area contributed by atoms with Crippen molar-refractivity contribution in [3.8, 4) is 0 Å². The summed E-state index contributed by atoms with van der Waals surface area (Å²) in [6.45, 7) is 6.26. The van der Waals surface area contributed by atoms with Crippen LogP contribution in [0, 0.1) is 0 Å². The van der Waals surface area contributed by atoms with Crippen molar-refractivity contribution in [3.05, 3.63) is 0 Å². The van der Waals surface area contributed by atoms with Crippen LogP contribution in [0.3, 0.4) is 0 Å². The minimum Gasteiger partial charge on any atom is -0.481 e. The van der Waals surface area contributed by atoms with Gasteiger partial charge in [0.2, 0.25) is 0 Å². The Morgan fingerprint density at radius 2 is 1.09 bits per heavy atom. The molecule has 0 fully saturated rings. The van der Waals surface area contributed by atoms with Gasteiger partial charge in [-0.05, 0) is 6.42 Å². The average Bonchev–Trinajstić information content (AvgIpc) is 2.53. The molecule has 23 heavy (non-hydrogen) atoms. The van der Waals surface area contributed by atoms with Gasteiger partial charge in [-0.1, -0.05) is 104 Å². The quantitative estimate of drug-likeness (QED) is 0.325. The second-order valence-electron chi connectivity index (χ2n) is 6.28. The molecule has 1 unspecified atom stereocenters. The molecule has 0 spiro atoms. The van der Waals surface area contributed by atoms with E-state index in [-0.39, 0.29) is 6.42 Å². The van der Waals surface area contributed by atoms with Crippen LogP contribution in [0.15, 0.2) is 0 Å². The predicted molar refractivity (Wildman–Crippen MR) is 99.9 cm³/mol. The number of carboxylic acids is 1. The fourth-order valence-corrected chi connectivity index (χ4v) is 2.70. The van der Waals surface area contributed by atoms with Gasteiger partial charge in [-0.15, -0.1) is 0 Å². The molecule has 0 heterocycles. The molecule has 140 valence electrons. The van der Waals surface area contributed by atoms with E-state index in [1.807, 2.05) is 13.8 Å². The van der Waals surface area contributed by atoms with Crippen molar-refractivity contribution in [2.75, 3.05) is 0 Å². The maximum Gasteiger partial charge on any atom is 0.305 e. The van der Waals surface area contributed by atoms with Crippen molar-refractivity contribution in [1.82, 2.24) is 0 Å². The number of aliphatic carboxylic acids is 1. The molecule has 0 aliphatic rings. The van der Waals surface area contributed by atoms with Crippen molar-refractivity contribution in [2.45, 2.75) is 123 Å². The number of carboxylic acid groups (broad SMARTS) is 1. The molecule has 0 saturated carbocycles. The summed E-state index contributed by atoms with van der Waals surface area (Å²) in [6.07, 6.45) is 16.8. The van der Waals surface area contributed by atoms with Crippen LogP contribution < -0.4 is 0 Å². The fourth-order valence-electron chi connectivity index (χ4n) is 2.70.